The van der Waals surface area contributed by atoms with Crippen LogP contribution in [0.3, 0.4) is 0 Å². The summed E-state index contributed by atoms with van der Waals surface area (Å²) in [5, 5.41) is 10.4. The van der Waals surface area contributed by atoms with Crippen LogP contribution in [0, 0.1) is 5.41 Å². The minimum absolute atomic E-state index is 0.124. The van der Waals surface area contributed by atoms with E-state index in [4.69, 9.17) is 5.41 Å². The zero-order valence-corrected chi connectivity index (χ0v) is 5.68. The maximum absolute atomic E-state index is 10.1. The molecule has 1 fully saturated rings. The van der Waals surface area contributed by atoms with Gasteiger partial charge in [-0.2, -0.15) is 0 Å². The molecular formula is C4H9N5O2. The normalized spacial score (nSPS) is 14.2. The van der Waals surface area contributed by atoms with Crippen LogP contribution in [0.15, 0.2) is 0 Å². The summed E-state index contributed by atoms with van der Waals surface area (Å²) in [5.41, 5.74) is 8.94. The predicted molar refractivity (Wildman–Crippen MR) is 37.6 cm³/mol. The molecule has 0 saturated carbocycles. The third kappa shape index (κ3) is 6.09. The predicted octanol–water partition coefficient (Wildman–Crippen LogP) is -2.34. The molecule has 0 spiro atoms. The van der Waals surface area contributed by atoms with Crippen LogP contribution in [0.25, 0.3) is 0 Å². The first kappa shape index (κ1) is 9.21. The number of hydrogen-bond acceptors (Lipinski definition) is 3. The van der Waals surface area contributed by atoms with Crippen molar-refractivity contribution in [2.45, 2.75) is 0 Å². The van der Waals surface area contributed by atoms with Crippen molar-refractivity contribution >= 4 is 17.9 Å². The number of hydrogen-bond donors (Lipinski definition) is 5. The van der Waals surface area contributed by atoms with Crippen LogP contribution in [0.4, 0.5) is 4.79 Å². The lowest BCUT2D eigenvalue weighted by molar-refractivity contribution is -0.117. The van der Waals surface area contributed by atoms with Gasteiger partial charge in [-0.25, -0.2) is 4.79 Å². The average molecular weight is 159 g/mol. The summed E-state index contributed by atoms with van der Waals surface area (Å²) in [4.78, 5) is 20.1. The van der Waals surface area contributed by atoms with E-state index in [1.807, 2.05) is 5.32 Å². The smallest absolute Gasteiger partial charge is 0.321 e. The molecule has 0 atom stereocenters. The highest BCUT2D eigenvalue weighted by Gasteiger charge is 2.14. The van der Waals surface area contributed by atoms with Crippen LogP contribution >= 0.6 is 0 Å². The van der Waals surface area contributed by atoms with E-state index in [1.54, 1.807) is 0 Å². The monoisotopic (exact) mass is 159 g/mol. The summed E-state index contributed by atoms with van der Waals surface area (Å²) in [6.07, 6.45) is 0. The summed E-state index contributed by atoms with van der Waals surface area (Å²) in [5.74, 6) is -0.593. The molecule has 7 nitrogen and oxygen atoms in total. The summed E-state index contributed by atoms with van der Waals surface area (Å²) in [7, 11) is 0. The lowest BCUT2D eigenvalue weighted by Gasteiger charge is -1.78. The van der Waals surface area contributed by atoms with Crippen molar-refractivity contribution in [1.29, 1.82) is 5.41 Å². The maximum Gasteiger partial charge on any atom is 0.321 e. The fourth-order valence-corrected chi connectivity index (χ4v) is 0.376. The number of urea groups is 1. The Hall–Kier alpha value is -1.79. The van der Waals surface area contributed by atoms with Gasteiger partial charge in [0, 0.05) is 0 Å². The molecule has 0 unspecified atom stereocenters. The van der Waals surface area contributed by atoms with E-state index in [0.717, 1.165) is 0 Å². The molecule has 1 aliphatic rings. The molecule has 7 N–H and O–H groups in total. The number of imide groups is 1. The molecule has 11 heavy (non-hydrogen) atoms. The van der Waals surface area contributed by atoms with Gasteiger partial charge in [0.05, 0.1) is 6.54 Å². The van der Waals surface area contributed by atoms with Gasteiger partial charge in [0.15, 0.2) is 5.96 Å². The molecule has 0 aliphatic carbocycles. The van der Waals surface area contributed by atoms with Crippen LogP contribution in [0.5, 0.6) is 0 Å². The van der Waals surface area contributed by atoms with E-state index in [1.165, 1.54) is 0 Å². The third-order valence-corrected chi connectivity index (χ3v) is 0.662. The fourth-order valence-electron chi connectivity index (χ4n) is 0.376. The van der Waals surface area contributed by atoms with Gasteiger partial charge in [-0.15, -0.1) is 0 Å². The zero-order valence-electron chi connectivity index (χ0n) is 5.68. The molecule has 0 aromatic heterocycles. The highest BCUT2D eigenvalue weighted by Crippen LogP contribution is 1.73. The molecule has 1 heterocycles. The first-order chi connectivity index (χ1) is 5.02. The number of amides is 3. The van der Waals surface area contributed by atoms with Crippen molar-refractivity contribution in [2.75, 3.05) is 6.54 Å². The SMILES string of the molecule is N=C(N)N.O=C1CNC(=O)N1. The van der Waals surface area contributed by atoms with Gasteiger partial charge in [-0.3, -0.25) is 15.5 Å². The highest BCUT2D eigenvalue weighted by molar-refractivity contribution is 6.01. The Morgan fingerprint density at radius 2 is 1.91 bits per heavy atom. The first-order valence-corrected chi connectivity index (χ1v) is 2.69. The highest BCUT2D eigenvalue weighted by atomic mass is 16.2. The first-order valence-electron chi connectivity index (χ1n) is 2.69. The van der Waals surface area contributed by atoms with E-state index in [0.29, 0.717) is 0 Å². The molecule has 0 bridgehead atoms. The van der Waals surface area contributed by atoms with E-state index >= 15 is 0 Å². The van der Waals surface area contributed by atoms with Crippen molar-refractivity contribution in [1.82, 2.24) is 10.6 Å². The fraction of sp³-hybridized carbons (Fsp3) is 0.250. The van der Waals surface area contributed by atoms with Crippen LogP contribution < -0.4 is 22.1 Å². The summed E-state index contributed by atoms with van der Waals surface area (Å²) < 4.78 is 0. The molecule has 62 valence electrons. The second-order valence-corrected chi connectivity index (χ2v) is 1.69. The molecule has 1 rings (SSSR count). The summed E-state index contributed by atoms with van der Waals surface area (Å²) in [6.45, 7) is 0.124. The van der Waals surface area contributed by atoms with Gasteiger partial charge in [0.25, 0.3) is 0 Å². The van der Waals surface area contributed by atoms with Crippen molar-refractivity contribution in [3.05, 3.63) is 0 Å². The van der Waals surface area contributed by atoms with E-state index < -0.39 is 6.03 Å². The maximum atomic E-state index is 10.1. The van der Waals surface area contributed by atoms with Gasteiger partial charge in [0.2, 0.25) is 5.91 Å². The minimum atomic E-state index is -0.398. The number of carbonyl (C=O) groups excluding carboxylic acids is 2. The molecule has 3 amide bonds. The topological polar surface area (TPSA) is 134 Å². The van der Waals surface area contributed by atoms with Gasteiger partial charge >= 0.3 is 6.03 Å². The Morgan fingerprint density at radius 1 is 1.45 bits per heavy atom. The Bertz CT molecular complexity index is 171. The van der Waals surface area contributed by atoms with Gasteiger partial charge < -0.3 is 16.8 Å². The number of carbonyl (C=O) groups is 2. The van der Waals surface area contributed by atoms with Gasteiger partial charge in [0.1, 0.15) is 0 Å². The summed E-state index contributed by atoms with van der Waals surface area (Å²) in [6, 6.07) is -0.398. The standard InChI is InChI=1S/C3H4N2O2.CH5N3/c6-2-1-4-3(7)5-2;2-1(3)4/h1H2,(H2,4,5,6,7);(H5,2,3,4). The zero-order chi connectivity index (χ0) is 8.85. The third-order valence-electron chi connectivity index (χ3n) is 0.662. The van der Waals surface area contributed by atoms with Crippen molar-refractivity contribution in [3.63, 3.8) is 0 Å². The average Bonchev–Trinajstić information content (AvgIpc) is 2.13. The lowest BCUT2D eigenvalue weighted by Crippen LogP contribution is -2.22. The van der Waals surface area contributed by atoms with Crippen LogP contribution in [0.1, 0.15) is 0 Å². The lowest BCUT2D eigenvalue weighted by atomic mass is 10.7. The Morgan fingerprint density at radius 3 is 2.00 bits per heavy atom. The minimum Gasteiger partial charge on any atom is -0.370 e. The molecule has 0 aromatic carbocycles. The van der Waals surface area contributed by atoms with Crippen LogP contribution in [0.2, 0.25) is 0 Å². The number of nitrogens with two attached hydrogens (primary N) is 2. The quantitative estimate of drug-likeness (QED) is 0.154. The molecule has 1 aliphatic heterocycles. The van der Waals surface area contributed by atoms with Crippen LogP contribution in [-0.2, 0) is 4.79 Å². The van der Waals surface area contributed by atoms with Crippen LogP contribution in [-0.4, -0.2) is 24.4 Å². The number of nitrogens with one attached hydrogen (secondary N) is 3. The van der Waals surface area contributed by atoms with E-state index in [-0.39, 0.29) is 18.4 Å². The second-order valence-electron chi connectivity index (χ2n) is 1.69. The number of rotatable bonds is 0. The molecule has 0 radical (unpaired) electrons. The number of guanidine groups is 1. The Kier molecular flexibility index (Phi) is 3.43. The molecular weight excluding hydrogens is 150 g/mol. The van der Waals surface area contributed by atoms with E-state index in [2.05, 4.69) is 16.8 Å². The van der Waals surface area contributed by atoms with Crippen molar-refractivity contribution < 1.29 is 9.59 Å². The molecule has 1 saturated heterocycles. The van der Waals surface area contributed by atoms with Gasteiger partial charge in [-0.1, -0.05) is 0 Å². The largest absolute Gasteiger partial charge is 0.370 e. The van der Waals surface area contributed by atoms with Crippen molar-refractivity contribution in [2.24, 2.45) is 11.5 Å². The Labute approximate surface area is 62.6 Å². The molecule has 7 heteroatoms. The van der Waals surface area contributed by atoms with E-state index in [9.17, 15) is 9.59 Å². The Balaban J connectivity index is 0.000000218. The second kappa shape index (κ2) is 4.09. The molecule has 0 aromatic rings. The summed E-state index contributed by atoms with van der Waals surface area (Å²) >= 11 is 0. The van der Waals surface area contributed by atoms with Crippen molar-refractivity contribution in [3.8, 4) is 0 Å². The van der Waals surface area contributed by atoms with Gasteiger partial charge in [-0.05, 0) is 0 Å².